The molecule has 0 heterocycles. The highest BCUT2D eigenvalue weighted by molar-refractivity contribution is 6.42. The molecule has 0 aliphatic carbocycles. The second-order valence-electron chi connectivity index (χ2n) is 3.01. The number of methoxy groups -OCH3 is 1. The maximum Gasteiger partial charge on any atom is 0.378 e. The number of hydrogen-bond donors (Lipinski definition) is 1. The molecule has 0 aromatic heterocycles. The van der Waals surface area contributed by atoms with Crippen LogP contribution in [-0.4, -0.2) is 24.0 Å². The third-order valence-corrected chi connectivity index (χ3v) is 2.61. The maximum absolute atomic E-state index is 11.1. The number of hydrogen-bond acceptors (Lipinski definition) is 4. The fourth-order valence-corrected chi connectivity index (χ4v) is 1.32. The summed E-state index contributed by atoms with van der Waals surface area (Å²) in [5.74, 6) is -2.41. The molecule has 0 spiro atoms. The number of esters is 1. The average molecular weight is 275 g/mol. The largest absolute Gasteiger partial charge is 0.507 e. The highest BCUT2D eigenvalue weighted by Gasteiger charge is 2.13. The van der Waals surface area contributed by atoms with Crippen LogP contribution in [0.1, 0.15) is 5.56 Å². The van der Waals surface area contributed by atoms with Crippen LogP contribution in [0.4, 0.5) is 0 Å². The van der Waals surface area contributed by atoms with E-state index in [0.717, 1.165) is 13.2 Å². The summed E-state index contributed by atoms with van der Waals surface area (Å²) in [6.45, 7) is 0. The third kappa shape index (κ3) is 3.47. The summed E-state index contributed by atoms with van der Waals surface area (Å²) in [5.41, 5.74) is 0.275. The Kier molecular flexibility index (Phi) is 4.54. The van der Waals surface area contributed by atoms with Crippen LogP contribution in [-0.2, 0) is 14.3 Å². The van der Waals surface area contributed by atoms with Crippen LogP contribution in [0.25, 0.3) is 5.76 Å². The van der Waals surface area contributed by atoms with Crippen molar-refractivity contribution in [2.75, 3.05) is 7.11 Å². The van der Waals surface area contributed by atoms with Crippen LogP contribution in [0, 0.1) is 0 Å². The monoisotopic (exact) mass is 274 g/mol. The van der Waals surface area contributed by atoms with E-state index in [9.17, 15) is 14.7 Å². The van der Waals surface area contributed by atoms with Gasteiger partial charge >= 0.3 is 5.97 Å². The zero-order valence-corrected chi connectivity index (χ0v) is 10.2. The van der Waals surface area contributed by atoms with Crippen molar-refractivity contribution in [2.24, 2.45) is 0 Å². The predicted molar refractivity (Wildman–Crippen MR) is 64.1 cm³/mol. The van der Waals surface area contributed by atoms with Crippen molar-refractivity contribution in [3.63, 3.8) is 0 Å². The van der Waals surface area contributed by atoms with E-state index in [1.54, 1.807) is 0 Å². The van der Waals surface area contributed by atoms with Crippen molar-refractivity contribution in [1.82, 2.24) is 0 Å². The lowest BCUT2D eigenvalue weighted by atomic mass is 10.1. The quantitative estimate of drug-likeness (QED) is 0.398. The van der Waals surface area contributed by atoms with Crippen LogP contribution in [0.3, 0.4) is 0 Å². The van der Waals surface area contributed by atoms with Crippen molar-refractivity contribution in [2.45, 2.75) is 0 Å². The second kappa shape index (κ2) is 5.70. The van der Waals surface area contributed by atoms with Gasteiger partial charge in [-0.3, -0.25) is 4.79 Å². The van der Waals surface area contributed by atoms with Gasteiger partial charge in [0.25, 0.3) is 5.78 Å². The highest BCUT2D eigenvalue weighted by atomic mass is 35.5. The molecule has 0 bridgehead atoms. The lowest BCUT2D eigenvalue weighted by Gasteiger charge is -2.02. The number of carbonyl (C=O) groups excluding carboxylic acids is 2. The molecule has 0 radical (unpaired) electrons. The van der Waals surface area contributed by atoms with Gasteiger partial charge in [0.2, 0.25) is 0 Å². The van der Waals surface area contributed by atoms with E-state index < -0.39 is 11.8 Å². The zero-order valence-electron chi connectivity index (χ0n) is 8.74. The Morgan fingerprint density at radius 2 is 1.94 bits per heavy atom. The summed E-state index contributed by atoms with van der Waals surface area (Å²) in [4.78, 5) is 22.0. The summed E-state index contributed by atoms with van der Waals surface area (Å²) in [7, 11) is 1.07. The third-order valence-electron chi connectivity index (χ3n) is 1.87. The van der Waals surface area contributed by atoms with Crippen LogP contribution < -0.4 is 0 Å². The van der Waals surface area contributed by atoms with Crippen LogP contribution in [0.15, 0.2) is 24.3 Å². The number of aliphatic hydroxyl groups is 1. The number of ether oxygens (including phenoxy) is 1. The first-order valence-electron chi connectivity index (χ1n) is 4.44. The van der Waals surface area contributed by atoms with Gasteiger partial charge in [-0.1, -0.05) is 23.2 Å². The number of benzene rings is 1. The van der Waals surface area contributed by atoms with Crippen molar-refractivity contribution in [3.8, 4) is 0 Å². The average Bonchev–Trinajstić information content (AvgIpc) is 2.31. The first-order valence-corrected chi connectivity index (χ1v) is 5.19. The number of aliphatic hydroxyl groups excluding tert-OH is 1. The molecule has 17 heavy (non-hydrogen) atoms. The van der Waals surface area contributed by atoms with Gasteiger partial charge in [0, 0.05) is 11.6 Å². The van der Waals surface area contributed by atoms with Crippen molar-refractivity contribution >= 4 is 40.7 Å². The molecule has 0 atom stereocenters. The molecule has 0 amide bonds. The summed E-state index contributed by atoms with van der Waals surface area (Å²) >= 11 is 11.4. The zero-order chi connectivity index (χ0) is 13.0. The molecule has 1 N–H and O–H groups in total. The minimum Gasteiger partial charge on any atom is -0.507 e. The summed E-state index contributed by atoms with van der Waals surface area (Å²) in [5, 5.41) is 10.1. The van der Waals surface area contributed by atoms with Gasteiger partial charge < -0.3 is 9.84 Å². The number of halogens is 2. The molecular weight excluding hydrogens is 267 g/mol. The SMILES string of the molecule is COC(=O)C(=O)/C=C(\O)c1ccc(Cl)c(Cl)c1. The van der Waals surface area contributed by atoms with Gasteiger partial charge in [-0.05, 0) is 18.2 Å². The standard InChI is InChI=1S/C11H8Cl2O4/c1-17-11(16)10(15)5-9(14)6-2-3-7(12)8(13)4-6/h2-5,14H,1H3/b9-5-. The second-order valence-corrected chi connectivity index (χ2v) is 3.83. The maximum atomic E-state index is 11.1. The lowest BCUT2D eigenvalue weighted by molar-refractivity contribution is -0.149. The molecule has 4 nitrogen and oxygen atoms in total. The fraction of sp³-hybridized carbons (Fsp3) is 0.0909. The van der Waals surface area contributed by atoms with E-state index in [1.807, 2.05) is 0 Å². The summed E-state index contributed by atoms with van der Waals surface area (Å²) in [6.07, 6.45) is 0.755. The molecule has 0 unspecified atom stereocenters. The van der Waals surface area contributed by atoms with Gasteiger partial charge in [-0.25, -0.2) is 4.79 Å². The van der Waals surface area contributed by atoms with E-state index in [0.29, 0.717) is 5.02 Å². The summed E-state index contributed by atoms with van der Waals surface area (Å²) in [6, 6.07) is 4.30. The first-order chi connectivity index (χ1) is 7.95. The molecule has 0 aliphatic rings. The molecule has 0 aliphatic heterocycles. The smallest absolute Gasteiger partial charge is 0.378 e. The Bertz CT molecular complexity index is 494. The van der Waals surface area contributed by atoms with Crippen LogP contribution >= 0.6 is 23.2 Å². The van der Waals surface area contributed by atoms with Crippen molar-refractivity contribution in [3.05, 3.63) is 39.9 Å². The first kappa shape index (κ1) is 13.5. The van der Waals surface area contributed by atoms with E-state index in [-0.39, 0.29) is 16.3 Å². The molecule has 1 rings (SSSR count). The minimum atomic E-state index is -1.06. The Morgan fingerprint density at radius 3 is 2.47 bits per heavy atom. The lowest BCUT2D eigenvalue weighted by Crippen LogP contribution is -2.13. The van der Waals surface area contributed by atoms with Gasteiger partial charge in [0.05, 0.1) is 17.2 Å². The Labute approximate surface area is 107 Å². The molecule has 0 fully saturated rings. The van der Waals surface area contributed by atoms with E-state index in [2.05, 4.69) is 4.74 Å². The van der Waals surface area contributed by atoms with E-state index in [4.69, 9.17) is 23.2 Å². The summed E-state index contributed by atoms with van der Waals surface area (Å²) < 4.78 is 4.20. The van der Waals surface area contributed by atoms with Gasteiger partial charge in [-0.2, -0.15) is 0 Å². The van der Waals surface area contributed by atoms with E-state index >= 15 is 0 Å². The Balaban J connectivity index is 3.00. The van der Waals surface area contributed by atoms with Crippen LogP contribution in [0.2, 0.25) is 10.0 Å². The number of ketones is 1. The molecule has 6 heteroatoms. The molecule has 0 saturated heterocycles. The predicted octanol–water partition coefficient (Wildman–Crippen LogP) is 2.63. The van der Waals surface area contributed by atoms with Gasteiger partial charge in [-0.15, -0.1) is 0 Å². The Morgan fingerprint density at radius 1 is 1.29 bits per heavy atom. The van der Waals surface area contributed by atoms with Crippen LogP contribution in [0.5, 0.6) is 0 Å². The topological polar surface area (TPSA) is 63.6 Å². The number of rotatable bonds is 3. The minimum absolute atomic E-state index is 0.231. The fourth-order valence-electron chi connectivity index (χ4n) is 1.02. The van der Waals surface area contributed by atoms with Gasteiger partial charge in [0.15, 0.2) is 0 Å². The van der Waals surface area contributed by atoms with Gasteiger partial charge in [0.1, 0.15) is 5.76 Å². The molecular formula is C11H8Cl2O4. The van der Waals surface area contributed by atoms with Crippen molar-refractivity contribution < 1.29 is 19.4 Å². The van der Waals surface area contributed by atoms with Crippen molar-refractivity contribution in [1.29, 1.82) is 0 Å². The molecule has 0 saturated carbocycles. The highest BCUT2D eigenvalue weighted by Crippen LogP contribution is 2.25. The Hall–Kier alpha value is -1.52. The van der Waals surface area contributed by atoms with E-state index in [1.165, 1.54) is 18.2 Å². The molecule has 1 aromatic rings. The number of carbonyl (C=O) groups is 2. The molecule has 1 aromatic carbocycles. The molecule has 90 valence electrons. The normalized spacial score (nSPS) is 11.1.